The lowest BCUT2D eigenvalue weighted by molar-refractivity contribution is -0.135. The predicted octanol–water partition coefficient (Wildman–Crippen LogP) is 0.891. The zero-order chi connectivity index (χ0) is 17.3. The number of nitrogens with zero attached hydrogens (tertiary/aromatic N) is 2. The van der Waals surface area contributed by atoms with Crippen LogP contribution < -0.4 is 16.3 Å². The minimum Gasteiger partial charge on any atom is -0.320 e. The Morgan fingerprint density at radius 3 is 2.68 bits per heavy atom. The standard InChI is InChI=1S/C17H22N4O3.ClH/c1-18-9-3-4-11-5-6-12-14(10-11)20(2)17(24)21(12)13-7-8-15(22)19-16(13)23;/h5-6,10,13,18H,3-4,7-9H2,1-2H3,(H,19,22,23);1H. The maximum absolute atomic E-state index is 12.6. The van der Waals surface area contributed by atoms with E-state index < -0.39 is 11.9 Å². The number of hydrogen-bond acceptors (Lipinski definition) is 4. The van der Waals surface area contributed by atoms with Crippen molar-refractivity contribution in [3.63, 3.8) is 0 Å². The Balaban J connectivity index is 0.00000225. The van der Waals surface area contributed by atoms with Gasteiger partial charge in [0, 0.05) is 13.5 Å². The van der Waals surface area contributed by atoms with Gasteiger partial charge in [-0.3, -0.25) is 24.0 Å². The monoisotopic (exact) mass is 366 g/mol. The van der Waals surface area contributed by atoms with Gasteiger partial charge < -0.3 is 5.32 Å². The largest absolute Gasteiger partial charge is 0.329 e. The molecule has 0 radical (unpaired) electrons. The molecule has 0 aliphatic carbocycles. The van der Waals surface area contributed by atoms with E-state index in [0.29, 0.717) is 6.42 Å². The molecule has 7 nitrogen and oxygen atoms in total. The highest BCUT2D eigenvalue weighted by Crippen LogP contribution is 2.23. The van der Waals surface area contributed by atoms with Crippen molar-refractivity contribution in [1.82, 2.24) is 19.8 Å². The van der Waals surface area contributed by atoms with Crippen molar-refractivity contribution < 1.29 is 9.59 Å². The second-order valence-corrected chi connectivity index (χ2v) is 6.21. The van der Waals surface area contributed by atoms with E-state index in [0.717, 1.165) is 36.0 Å². The molecule has 3 rings (SSSR count). The summed E-state index contributed by atoms with van der Waals surface area (Å²) in [5.41, 5.74) is 2.47. The van der Waals surface area contributed by atoms with Crippen LogP contribution in [-0.4, -0.2) is 34.5 Å². The van der Waals surface area contributed by atoms with E-state index in [1.165, 1.54) is 4.57 Å². The second kappa shape index (κ2) is 7.84. The minimum absolute atomic E-state index is 0. The van der Waals surface area contributed by atoms with Gasteiger partial charge in [0.2, 0.25) is 11.8 Å². The number of imidazole rings is 1. The normalized spacial score (nSPS) is 17.4. The first-order valence-electron chi connectivity index (χ1n) is 8.21. The molecule has 1 aromatic carbocycles. The van der Waals surface area contributed by atoms with Gasteiger partial charge in [-0.25, -0.2) is 4.79 Å². The molecule has 1 saturated heterocycles. The van der Waals surface area contributed by atoms with Gasteiger partial charge in [0.05, 0.1) is 11.0 Å². The molecule has 2 amide bonds. The number of nitrogens with one attached hydrogen (secondary N) is 2. The molecule has 1 atom stereocenters. The summed E-state index contributed by atoms with van der Waals surface area (Å²) in [6, 6.07) is 5.28. The van der Waals surface area contributed by atoms with E-state index in [4.69, 9.17) is 0 Å². The quantitative estimate of drug-likeness (QED) is 0.608. The molecule has 2 heterocycles. The third-order valence-corrected chi connectivity index (χ3v) is 4.57. The van der Waals surface area contributed by atoms with Crippen LogP contribution in [-0.2, 0) is 23.1 Å². The van der Waals surface area contributed by atoms with Gasteiger partial charge in [0.25, 0.3) is 0 Å². The maximum Gasteiger partial charge on any atom is 0.329 e. The van der Waals surface area contributed by atoms with E-state index in [1.54, 1.807) is 11.6 Å². The molecule has 1 aliphatic rings. The SMILES string of the molecule is CNCCCc1ccc2c(c1)n(C)c(=O)n2C1CCC(=O)NC1=O.Cl. The molecule has 2 N–H and O–H groups in total. The van der Waals surface area contributed by atoms with Gasteiger partial charge >= 0.3 is 5.69 Å². The second-order valence-electron chi connectivity index (χ2n) is 6.21. The fourth-order valence-electron chi connectivity index (χ4n) is 3.26. The first-order valence-corrected chi connectivity index (χ1v) is 8.21. The molecule has 1 unspecified atom stereocenters. The van der Waals surface area contributed by atoms with Crippen molar-refractivity contribution in [2.45, 2.75) is 31.7 Å². The Morgan fingerprint density at radius 2 is 2.00 bits per heavy atom. The van der Waals surface area contributed by atoms with Crippen LogP contribution in [0.4, 0.5) is 0 Å². The average molecular weight is 367 g/mol. The van der Waals surface area contributed by atoms with Crippen molar-refractivity contribution in [3.05, 3.63) is 34.2 Å². The van der Waals surface area contributed by atoms with E-state index >= 15 is 0 Å². The van der Waals surface area contributed by atoms with Crippen molar-refractivity contribution in [2.75, 3.05) is 13.6 Å². The summed E-state index contributed by atoms with van der Waals surface area (Å²) >= 11 is 0. The minimum atomic E-state index is -0.631. The topological polar surface area (TPSA) is 85.1 Å². The number of aromatic nitrogens is 2. The molecule has 0 spiro atoms. The number of carbonyl (C=O) groups excluding carboxylic acids is 2. The number of piperidine rings is 1. The highest BCUT2D eigenvalue weighted by Gasteiger charge is 2.31. The Labute approximate surface area is 151 Å². The molecule has 136 valence electrons. The lowest BCUT2D eigenvalue weighted by atomic mass is 10.1. The van der Waals surface area contributed by atoms with Crippen LogP contribution in [0.3, 0.4) is 0 Å². The smallest absolute Gasteiger partial charge is 0.320 e. The number of fused-ring (bicyclic) bond motifs is 1. The molecular formula is C17H23ClN4O3. The molecule has 0 saturated carbocycles. The van der Waals surface area contributed by atoms with Crippen LogP contribution in [0.1, 0.15) is 30.9 Å². The number of carbonyl (C=O) groups is 2. The van der Waals surface area contributed by atoms with Crippen molar-refractivity contribution >= 4 is 35.3 Å². The summed E-state index contributed by atoms with van der Waals surface area (Å²) in [6.07, 6.45) is 2.55. The molecule has 25 heavy (non-hydrogen) atoms. The molecule has 1 fully saturated rings. The van der Waals surface area contributed by atoms with Crippen LogP contribution in [0.2, 0.25) is 0 Å². The Morgan fingerprint density at radius 1 is 1.24 bits per heavy atom. The number of aryl methyl sites for hydroxylation is 2. The number of imide groups is 1. The van der Waals surface area contributed by atoms with Crippen LogP contribution in [0, 0.1) is 0 Å². The van der Waals surface area contributed by atoms with E-state index in [9.17, 15) is 14.4 Å². The van der Waals surface area contributed by atoms with Crippen LogP contribution >= 0.6 is 12.4 Å². The number of rotatable bonds is 5. The van der Waals surface area contributed by atoms with E-state index in [1.807, 2.05) is 25.2 Å². The third-order valence-electron chi connectivity index (χ3n) is 4.57. The predicted molar refractivity (Wildman–Crippen MR) is 98.1 cm³/mol. The third kappa shape index (κ3) is 3.62. The lowest BCUT2D eigenvalue weighted by Gasteiger charge is -2.21. The summed E-state index contributed by atoms with van der Waals surface area (Å²) in [7, 11) is 3.64. The van der Waals surface area contributed by atoms with Gasteiger partial charge in [-0.1, -0.05) is 6.07 Å². The van der Waals surface area contributed by atoms with Crippen molar-refractivity contribution in [1.29, 1.82) is 0 Å². The summed E-state index contributed by atoms with van der Waals surface area (Å²) in [4.78, 5) is 36.1. The van der Waals surface area contributed by atoms with Gasteiger partial charge in [-0.2, -0.15) is 0 Å². The summed E-state index contributed by atoms with van der Waals surface area (Å²) in [5, 5.41) is 5.44. The highest BCUT2D eigenvalue weighted by molar-refractivity contribution is 6.00. The first-order chi connectivity index (χ1) is 11.5. The van der Waals surface area contributed by atoms with E-state index in [2.05, 4.69) is 10.6 Å². The molecule has 1 aliphatic heterocycles. The zero-order valence-corrected chi connectivity index (χ0v) is 15.2. The molecule has 2 aromatic rings. The number of hydrogen-bond donors (Lipinski definition) is 2. The number of benzene rings is 1. The zero-order valence-electron chi connectivity index (χ0n) is 14.4. The van der Waals surface area contributed by atoms with Crippen molar-refractivity contribution in [2.24, 2.45) is 7.05 Å². The van der Waals surface area contributed by atoms with Crippen LogP contribution in [0.25, 0.3) is 11.0 Å². The van der Waals surface area contributed by atoms with Gasteiger partial charge in [-0.05, 0) is 50.6 Å². The van der Waals surface area contributed by atoms with E-state index in [-0.39, 0.29) is 30.4 Å². The molecular weight excluding hydrogens is 344 g/mol. The highest BCUT2D eigenvalue weighted by atomic mass is 35.5. The van der Waals surface area contributed by atoms with Crippen molar-refractivity contribution in [3.8, 4) is 0 Å². The fraction of sp³-hybridized carbons (Fsp3) is 0.471. The maximum atomic E-state index is 12.6. The summed E-state index contributed by atoms with van der Waals surface area (Å²) < 4.78 is 3.08. The Bertz CT molecular complexity index is 855. The van der Waals surface area contributed by atoms with Crippen LogP contribution in [0.5, 0.6) is 0 Å². The first kappa shape index (κ1) is 19.2. The van der Waals surface area contributed by atoms with Gasteiger partial charge in [0.15, 0.2) is 0 Å². The van der Waals surface area contributed by atoms with Gasteiger partial charge in [0.1, 0.15) is 6.04 Å². The van der Waals surface area contributed by atoms with Gasteiger partial charge in [-0.15, -0.1) is 12.4 Å². The number of halogens is 1. The fourth-order valence-corrected chi connectivity index (χ4v) is 3.26. The average Bonchev–Trinajstić information content (AvgIpc) is 2.80. The summed E-state index contributed by atoms with van der Waals surface area (Å²) in [5.74, 6) is -0.685. The lowest BCUT2D eigenvalue weighted by Crippen LogP contribution is -2.44. The number of amides is 2. The summed E-state index contributed by atoms with van der Waals surface area (Å²) in [6.45, 7) is 0.939. The molecule has 1 aromatic heterocycles. The van der Waals surface area contributed by atoms with Crippen LogP contribution in [0.15, 0.2) is 23.0 Å². The molecule has 0 bridgehead atoms. The molecule has 8 heteroatoms. The Hall–Kier alpha value is -2.12. The Kier molecular flexibility index (Phi) is 6.02.